The predicted octanol–water partition coefficient (Wildman–Crippen LogP) is 18.8. The molecule has 94 heavy (non-hydrogen) atoms. The van der Waals surface area contributed by atoms with Gasteiger partial charge < -0.3 is 9.80 Å². The van der Waals surface area contributed by atoms with Gasteiger partial charge in [0.2, 0.25) is 0 Å². The molecule has 0 spiro atoms. The van der Waals surface area contributed by atoms with Crippen molar-refractivity contribution in [2.24, 2.45) is 0 Å². The zero-order valence-electron chi connectivity index (χ0n) is 53.5. The Hall–Kier alpha value is -10.9. The van der Waals surface area contributed by atoms with Gasteiger partial charge in [-0.25, -0.2) is 0 Å². The lowest BCUT2D eigenvalue weighted by molar-refractivity contribution is 0.875. The highest BCUT2D eigenvalue weighted by Gasteiger charge is 2.43. The maximum absolute atomic E-state index is 2.84. The number of anilines is 6. The molecule has 4 heteroatoms. The van der Waals surface area contributed by atoms with Crippen molar-refractivity contribution in [3.8, 4) is 0 Å². The van der Waals surface area contributed by atoms with Crippen LogP contribution in [0.5, 0.6) is 0 Å². The average molecular weight is 1240 g/mol. The van der Waals surface area contributed by atoms with E-state index in [2.05, 4.69) is 389 Å². The average Bonchev–Trinajstić information content (AvgIpc) is 0.691. The third-order valence-corrected chi connectivity index (χ3v) is 29.6. The van der Waals surface area contributed by atoms with Crippen LogP contribution in [0.4, 0.5) is 34.1 Å². The maximum atomic E-state index is 2.58. The van der Waals surface area contributed by atoms with E-state index in [4.69, 9.17) is 0 Å². The van der Waals surface area contributed by atoms with Gasteiger partial charge in [0.25, 0.3) is 0 Å². The first-order valence-electron chi connectivity index (χ1n) is 33.2. The molecule has 0 heterocycles. The molecule has 0 atom stereocenters. The van der Waals surface area contributed by atoms with Crippen LogP contribution < -0.4 is 51.3 Å². The standard InChI is InChI=1S/C90H72N2Si2/c1-63(2)83-61-87(91(85-47-27-31-65-29-23-25-45-77(65)85)67-49-53-75(54-50-67)93(69-33-11-5-12-34-69,70-35-13-6-14-36-70)71-37-15-7-16-38-71)81-60-58-80-84(64(3)4)62-88(82-59-57-79(83)89(81)90(80)82)92(86-48-28-32-66-30-24-26-46-78(66)86)68-51-55-76(56-52-68)94(72-39-17-8-18-40-72,73-41-19-9-20-42-73)74-43-21-10-22-44-74/h5-64H,1-4H3. The van der Waals surface area contributed by atoms with Gasteiger partial charge in [-0.05, 0) is 145 Å². The molecular formula is C90H72N2Si2. The first-order valence-corrected chi connectivity index (χ1v) is 37.2. The molecule has 16 rings (SSSR count). The highest BCUT2D eigenvalue weighted by atomic mass is 28.3. The number of nitrogens with zero attached hydrogens (tertiary/aromatic N) is 2. The van der Waals surface area contributed by atoms with Crippen LogP contribution in [-0.2, 0) is 0 Å². The van der Waals surface area contributed by atoms with Crippen LogP contribution in [-0.4, -0.2) is 16.1 Å². The van der Waals surface area contributed by atoms with Crippen molar-refractivity contribution in [2.45, 2.75) is 39.5 Å². The summed E-state index contributed by atoms with van der Waals surface area (Å²) in [6.45, 7) is 9.48. The maximum Gasteiger partial charge on any atom is 0.179 e. The molecule has 2 nitrogen and oxygen atoms in total. The Morgan fingerprint density at radius 3 is 0.766 bits per heavy atom. The highest BCUT2D eigenvalue weighted by Crippen LogP contribution is 2.52. The van der Waals surface area contributed by atoms with Crippen LogP contribution in [0.2, 0.25) is 0 Å². The number of benzene rings is 16. The molecule has 16 aromatic carbocycles. The first-order chi connectivity index (χ1) is 46.3. The zero-order chi connectivity index (χ0) is 63.3. The summed E-state index contributed by atoms with van der Waals surface area (Å²) in [5.41, 5.74) is 9.46. The van der Waals surface area contributed by atoms with Gasteiger partial charge in [-0.3, -0.25) is 0 Å². The molecule has 0 saturated carbocycles. The summed E-state index contributed by atoms with van der Waals surface area (Å²) in [4.78, 5) is 5.16. The van der Waals surface area contributed by atoms with Gasteiger partial charge >= 0.3 is 0 Å². The Morgan fingerprint density at radius 1 is 0.213 bits per heavy atom. The van der Waals surface area contributed by atoms with Gasteiger partial charge in [0.05, 0.1) is 22.7 Å². The molecule has 16 aromatic rings. The van der Waals surface area contributed by atoms with E-state index in [9.17, 15) is 0 Å². The lowest BCUT2D eigenvalue weighted by Crippen LogP contribution is -2.74. The van der Waals surface area contributed by atoms with Crippen LogP contribution in [0.1, 0.15) is 50.7 Å². The molecular weight excluding hydrogens is 1170 g/mol. The summed E-state index contributed by atoms with van der Waals surface area (Å²) in [5, 5.41) is 23.2. The second-order valence-corrected chi connectivity index (χ2v) is 33.4. The van der Waals surface area contributed by atoms with Gasteiger partial charge in [-0.15, -0.1) is 0 Å². The minimum absolute atomic E-state index is 0.211. The molecule has 0 aromatic heterocycles. The minimum Gasteiger partial charge on any atom is -0.309 e. The second-order valence-electron chi connectivity index (χ2n) is 25.8. The first kappa shape index (κ1) is 58.2. The summed E-state index contributed by atoms with van der Waals surface area (Å²) in [5.74, 6) is 0.421. The largest absolute Gasteiger partial charge is 0.309 e. The quantitative estimate of drug-likeness (QED) is 0.0540. The molecule has 0 fully saturated rings. The van der Waals surface area contributed by atoms with Gasteiger partial charge in [-0.2, -0.15) is 0 Å². The molecule has 0 unspecified atom stereocenters. The Morgan fingerprint density at radius 2 is 0.468 bits per heavy atom. The number of hydrogen-bond acceptors (Lipinski definition) is 2. The van der Waals surface area contributed by atoms with Crippen molar-refractivity contribution in [1.82, 2.24) is 0 Å². The van der Waals surface area contributed by atoms with Crippen LogP contribution in [0.3, 0.4) is 0 Å². The van der Waals surface area contributed by atoms with E-state index in [1.54, 1.807) is 0 Å². The fraction of sp³-hybridized carbons (Fsp3) is 0.0667. The van der Waals surface area contributed by atoms with Gasteiger partial charge in [0, 0.05) is 32.9 Å². The monoisotopic (exact) mass is 1240 g/mol. The van der Waals surface area contributed by atoms with Crippen molar-refractivity contribution in [3.63, 3.8) is 0 Å². The van der Waals surface area contributed by atoms with E-state index in [1.807, 2.05) is 0 Å². The molecule has 0 aliphatic carbocycles. The van der Waals surface area contributed by atoms with Crippen LogP contribution in [0.25, 0.3) is 53.9 Å². The Kier molecular flexibility index (Phi) is 15.0. The number of fused-ring (bicyclic) bond motifs is 2. The van der Waals surface area contributed by atoms with E-state index in [1.165, 1.54) is 106 Å². The Bertz CT molecular complexity index is 4810. The fourth-order valence-electron chi connectivity index (χ4n) is 15.8. The summed E-state index contributed by atoms with van der Waals surface area (Å²) < 4.78 is 0. The van der Waals surface area contributed by atoms with E-state index >= 15 is 0 Å². The number of hydrogen-bond donors (Lipinski definition) is 0. The van der Waals surface area contributed by atoms with Crippen LogP contribution in [0, 0.1) is 0 Å². The molecule has 0 radical (unpaired) electrons. The molecule has 0 N–H and O–H groups in total. The smallest absolute Gasteiger partial charge is 0.179 e. The summed E-state index contributed by atoms with van der Waals surface area (Å²) in [7, 11) is -5.68. The topological polar surface area (TPSA) is 6.48 Å². The van der Waals surface area contributed by atoms with Gasteiger partial charge in [0.15, 0.2) is 16.1 Å². The highest BCUT2D eigenvalue weighted by molar-refractivity contribution is 7.20. The van der Waals surface area contributed by atoms with E-state index < -0.39 is 16.1 Å². The zero-order valence-corrected chi connectivity index (χ0v) is 55.5. The van der Waals surface area contributed by atoms with E-state index in [0.717, 1.165) is 34.1 Å². The van der Waals surface area contributed by atoms with E-state index in [-0.39, 0.29) is 11.8 Å². The molecule has 0 saturated heterocycles. The molecule has 0 aliphatic rings. The normalized spacial score (nSPS) is 12.0. The molecule has 450 valence electrons. The predicted molar refractivity (Wildman–Crippen MR) is 410 cm³/mol. The Labute approximate surface area is 554 Å². The van der Waals surface area contributed by atoms with Crippen molar-refractivity contribution in [2.75, 3.05) is 9.80 Å². The lowest BCUT2D eigenvalue weighted by Gasteiger charge is -2.35. The minimum atomic E-state index is -2.84. The SMILES string of the molecule is CC(C)c1cc(N(c2ccc([Si](c3ccccc3)(c3ccccc3)c3ccccc3)cc2)c2cccc3ccccc23)c2ccc3c(C(C)C)cc(N(c4ccc([Si](c5ccccc5)(c5ccccc5)c5ccccc5)cc4)c4cccc5ccccc45)c4ccc1c2c34. The van der Waals surface area contributed by atoms with Crippen LogP contribution >= 0.6 is 0 Å². The van der Waals surface area contributed by atoms with Crippen molar-refractivity contribution in [1.29, 1.82) is 0 Å². The van der Waals surface area contributed by atoms with Crippen LogP contribution in [0.15, 0.2) is 352 Å². The summed E-state index contributed by atoms with van der Waals surface area (Å²) >= 11 is 0. The second kappa shape index (κ2) is 24.3. The van der Waals surface area contributed by atoms with E-state index in [0.29, 0.717) is 0 Å². The Balaban J connectivity index is 0.953. The molecule has 0 aliphatic heterocycles. The number of rotatable bonds is 16. The third-order valence-electron chi connectivity index (χ3n) is 20.0. The molecule has 0 amide bonds. The van der Waals surface area contributed by atoms with Gasteiger partial charge in [-0.1, -0.05) is 331 Å². The van der Waals surface area contributed by atoms with Gasteiger partial charge in [0.1, 0.15) is 0 Å². The fourth-order valence-corrected chi connectivity index (χ4v) is 25.3. The van der Waals surface area contributed by atoms with Crippen molar-refractivity contribution < 1.29 is 0 Å². The summed E-state index contributed by atoms with van der Waals surface area (Å²) in [6.07, 6.45) is 0. The lowest BCUT2D eigenvalue weighted by atomic mass is 9.84. The molecule has 0 bridgehead atoms. The summed E-state index contributed by atoms with van der Waals surface area (Å²) in [6, 6.07) is 133. The van der Waals surface area contributed by atoms with Crippen molar-refractivity contribution in [3.05, 3.63) is 363 Å². The van der Waals surface area contributed by atoms with Crippen molar-refractivity contribution >= 4 is 146 Å². The third kappa shape index (κ3) is 9.58.